The molecule has 3 rings (SSSR count). The molecule has 0 bridgehead atoms. The molecule has 22 heavy (non-hydrogen) atoms. The summed E-state index contributed by atoms with van der Waals surface area (Å²) in [5.41, 5.74) is 2.91. The van der Waals surface area contributed by atoms with Crippen LogP contribution in [0.4, 0.5) is 5.69 Å². The van der Waals surface area contributed by atoms with Crippen molar-refractivity contribution in [3.63, 3.8) is 0 Å². The van der Waals surface area contributed by atoms with Crippen LogP contribution in [0.15, 0.2) is 30.3 Å². The number of carbonyl (C=O) groups is 1. The predicted octanol–water partition coefficient (Wildman–Crippen LogP) is 3.57. The minimum absolute atomic E-state index is 0.0547. The van der Waals surface area contributed by atoms with E-state index in [-0.39, 0.29) is 5.91 Å². The van der Waals surface area contributed by atoms with Crippen molar-refractivity contribution in [3.05, 3.63) is 36.0 Å². The van der Waals surface area contributed by atoms with Gasteiger partial charge in [0.05, 0.1) is 11.2 Å². The number of benzene rings is 1. The highest BCUT2D eigenvalue weighted by atomic mass is 16.1. The van der Waals surface area contributed by atoms with E-state index in [1.807, 2.05) is 18.2 Å². The monoisotopic (exact) mass is 297 g/mol. The lowest BCUT2D eigenvalue weighted by molar-refractivity contribution is -0.114. The molecular weight excluding hydrogens is 274 g/mol. The molecular formula is C18H23N3O. The summed E-state index contributed by atoms with van der Waals surface area (Å²) in [7, 11) is 0. The van der Waals surface area contributed by atoms with Crippen LogP contribution in [0.3, 0.4) is 0 Å². The number of nitrogens with zero attached hydrogens (tertiary/aromatic N) is 2. The van der Waals surface area contributed by atoms with Gasteiger partial charge in [0.15, 0.2) is 0 Å². The second kappa shape index (κ2) is 6.05. The van der Waals surface area contributed by atoms with Crippen LogP contribution < -0.4 is 5.32 Å². The summed E-state index contributed by atoms with van der Waals surface area (Å²) in [6, 6.07) is 11.3. The fourth-order valence-electron chi connectivity index (χ4n) is 3.28. The van der Waals surface area contributed by atoms with E-state index in [9.17, 15) is 4.79 Å². The standard InChI is InChI=1S/C18H23N3O/c1-12-4-5-13(2)21(12)11-17-7-6-15-10-16(19-14(3)22)8-9-18(15)20-17/h6-10,12-13H,4-5,11H2,1-3H3,(H,19,22). The Labute approximate surface area is 131 Å². The zero-order valence-electron chi connectivity index (χ0n) is 13.5. The third-order valence-electron chi connectivity index (χ3n) is 4.55. The molecule has 0 aliphatic carbocycles. The van der Waals surface area contributed by atoms with Crippen molar-refractivity contribution in [3.8, 4) is 0 Å². The van der Waals surface area contributed by atoms with E-state index in [2.05, 4.69) is 36.2 Å². The van der Waals surface area contributed by atoms with Crippen LogP contribution in [0, 0.1) is 0 Å². The topological polar surface area (TPSA) is 45.2 Å². The van der Waals surface area contributed by atoms with Crippen LogP contribution in [0.25, 0.3) is 10.9 Å². The van der Waals surface area contributed by atoms with Gasteiger partial charge in [-0.15, -0.1) is 0 Å². The SMILES string of the molecule is CC(=O)Nc1ccc2nc(CN3C(C)CCC3C)ccc2c1. The van der Waals surface area contributed by atoms with Crippen molar-refractivity contribution in [2.24, 2.45) is 0 Å². The molecule has 1 aromatic heterocycles. The lowest BCUT2D eigenvalue weighted by Gasteiger charge is -2.25. The molecule has 1 N–H and O–H groups in total. The Bertz CT molecular complexity index is 688. The molecule has 1 amide bonds. The Hall–Kier alpha value is -1.94. The number of anilines is 1. The molecule has 0 spiro atoms. The minimum atomic E-state index is -0.0547. The number of hydrogen-bond donors (Lipinski definition) is 1. The van der Waals surface area contributed by atoms with Gasteiger partial charge in [-0.25, -0.2) is 0 Å². The summed E-state index contributed by atoms with van der Waals surface area (Å²) >= 11 is 0. The largest absolute Gasteiger partial charge is 0.326 e. The average molecular weight is 297 g/mol. The highest BCUT2D eigenvalue weighted by Gasteiger charge is 2.27. The summed E-state index contributed by atoms with van der Waals surface area (Å²) in [6.07, 6.45) is 2.55. The van der Waals surface area contributed by atoms with E-state index in [0.717, 1.165) is 28.8 Å². The van der Waals surface area contributed by atoms with E-state index >= 15 is 0 Å². The Morgan fingerprint density at radius 1 is 1.23 bits per heavy atom. The van der Waals surface area contributed by atoms with Crippen molar-refractivity contribution in [1.82, 2.24) is 9.88 Å². The second-order valence-corrected chi connectivity index (χ2v) is 6.34. The number of aromatic nitrogens is 1. The highest BCUT2D eigenvalue weighted by Crippen LogP contribution is 2.26. The van der Waals surface area contributed by atoms with Gasteiger partial charge < -0.3 is 5.32 Å². The van der Waals surface area contributed by atoms with Gasteiger partial charge in [0, 0.05) is 36.6 Å². The smallest absolute Gasteiger partial charge is 0.221 e. The number of likely N-dealkylation sites (tertiary alicyclic amines) is 1. The molecule has 1 fully saturated rings. The van der Waals surface area contributed by atoms with Gasteiger partial charge in [0.1, 0.15) is 0 Å². The van der Waals surface area contributed by atoms with E-state index < -0.39 is 0 Å². The number of fused-ring (bicyclic) bond motifs is 1. The molecule has 1 aliphatic heterocycles. The highest BCUT2D eigenvalue weighted by molar-refractivity contribution is 5.92. The molecule has 2 aromatic rings. The van der Waals surface area contributed by atoms with Crippen LogP contribution >= 0.6 is 0 Å². The van der Waals surface area contributed by atoms with E-state index in [1.165, 1.54) is 19.8 Å². The maximum Gasteiger partial charge on any atom is 0.221 e. The molecule has 4 heteroatoms. The molecule has 0 radical (unpaired) electrons. The number of pyridine rings is 1. The first-order valence-corrected chi connectivity index (χ1v) is 7.96. The normalized spacial score (nSPS) is 22.1. The summed E-state index contributed by atoms with van der Waals surface area (Å²) in [4.78, 5) is 18.4. The fourth-order valence-corrected chi connectivity index (χ4v) is 3.28. The van der Waals surface area contributed by atoms with Crippen LogP contribution in [-0.4, -0.2) is 27.9 Å². The van der Waals surface area contributed by atoms with Gasteiger partial charge in [0.25, 0.3) is 0 Å². The van der Waals surface area contributed by atoms with Crippen molar-refractivity contribution >= 4 is 22.5 Å². The lowest BCUT2D eigenvalue weighted by atomic mass is 10.1. The number of hydrogen-bond acceptors (Lipinski definition) is 3. The quantitative estimate of drug-likeness (QED) is 0.942. The van der Waals surface area contributed by atoms with Gasteiger partial charge in [-0.2, -0.15) is 0 Å². The second-order valence-electron chi connectivity index (χ2n) is 6.34. The summed E-state index contributed by atoms with van der Waals surface area (Å²) in [5, 5.41) is 3.86. The van der Waals surface area contributed by atoms with Gasteiger partial charge in [-0.1, -0.05) is 6.07 Å². The van der Waals surface area contributed by atoms with Crippen LogP contribution in [0.2, 0.25) is 0 Å². The van der Waals surface area contributed by atoms with Crippen molar-refractivity contribution in [2.75, 3.05) is 5.32 Å². The summed E-state index contributed by atoms with van der Waals surface area (Å²) < 4.78 is 0. The molecule has 1 aliphatic rings. The van der Waals surface area contributed by atoms with Gasteiger partial charge in [-0.05, 0) is 51.0 Å². The van der Waals surface area contributed by atoms with E-state index in [1.54, 1.807) is 0 Å². The van der Waals surface area contributed by atoms with Gasteiger partial charge >= 0.3 is 0 Å². The Morgan fingerprint density at radius 3 is 2.64 bits per heavy atom. The third kappa shape index (κ3) is 3.12. The molecule has 0 saturated carbocycles. The maximum absolute atomic E-state index is 11.1. The average Bonchev–Trinajstić information content (AvgIpc) is 2.79. The lowest BCUT2D eigenvalue weighted by Crippen LogP contribution is -2.32. The Morgan fingerprint density at radius 2 is 1.95 bits per heavy atom. The molecule has 2 unspecified atom stereocenters. The van der Waals surface area contributed by atoms with Crippen molar-refractivity contribution in [1.29, 1.82) is 0 Å². The molecule has 116 valence electrons. The molecule has 2 heterocycles. The number of carbonyl (C=O) groups excluding carboxylic acids is 1. The summed E-state index contributed by atoms with van der Waals surface area (Å²) in [5.74, 6) is -0.0547. The maximum atomic E-state index is 11.1. The zero-order valence-corrected chi connectivity index (χ0v) is 13.5. The first-order chi connectivity index (χ1) is 10.5. The van der Waals surface area contributed by atoms with Gasteiger partial charge in [-0.3, -0.25) is 14.7 Å². The number of nitrogens with one attached hydrogen (secondary N) is 1. The van der Waals surface area contributed by atoms with Crippen molar-refractivity contribution < 1.29 is 4.79 Å². The molecule has 1 aromatic carbocycles. The Kier molecular flexibility index (Phi) is 4.12. The first kappa shape index (κ1) is 15.0. The van der Waals surface area contributed by atoms with Crippen LogP contribution in [-0.2, 0) is 11.3 Å². The summed E-state index contributed by atoms with van der Waals surface area (Å²) in [6.45, 7) is 7.02. The van der Waals surface area contributed by atoms with Gasteiger partial charge in [0.2, 0.25) is 5.91 Å². The van der Waals surface area contributed by atoms with Crippen LogP contribution in [0.5, 0.6) is 0 Å². The zero-order chi connectivity index (χ0) is 15.7. The van der Waals surface area contributed by atoms with Crippen molar-refractivity contribution in [2.45, 2.75) is 52.2 Å². The molecule has 2 atom stereocenters. The molecule has 1 saturated heterocycles. The third-order valence-corrected chi connectivity index (χ3v) is 4.55. The minimum Gasteiger partial charge on any atom is -0.326 e. The van der Waals surface area contributed by atoms with Crippen LogP contribution in [0.1, 0.15) is 39.3 Å². The number of amides is 1. The number of rotatable bonds is 3. The fraction of sp³-hybridized carbons (Fsp3) is 0.444. The van der Waals surface area contributed by atoms with E-state index in [0.29, 0.717) is 12.1 Å². The first-order valence-electron chi connectivity index (χ1n) is 7.96. The van der Waals surface area contributed by atoms with E-state index in [4.69, 9.17) is 4.98 Å². The molecule has 4 nitrogen and oxygen atoms in total. The Balaban J connectivity index is 1.82. The predicted molar refractivity (Wildman–Crippen MR) is 89.7 cm³/mol.